The largest absolute Gasteiger partial charge is 0.483 e. The summed E-state index contributed by atoms with van der Waals surface area (Å²) in [4.78, 5) is 36.6. The summed E-state index contributed by atoms with van der Waals surface area (Å²) < 4.78 is 16.1. The van der Waals surface area contributed by atoms with E-state index in [0.29, 0.717) is 29.0 Å². The van der Waals surface area contributed by atoms with E-state index in [0.717, 1.165) is 29.4 Å². The van der Waals surface area contributed by atoms with Crippen LogP contribution >= 0.6 is 0 Å². The number of anilines is 1. The molecule has 3 aromatic rings. The molecular weight excluding hydrogens is 386 g/mol. The summed E-state index contributed by atoms with van der Waals surface area (Å²) in [5, 5.41) is 3.43. The summed E-state index contributed by atoms with van der Waals surface area (Å²) in [7, 11) is 1.28. The Bertz CT molecular complexity index is 1210. The summed E-state index contributed by atoms with van der Waals surface area (Å²) in [6, 6.07) is 10.2. The standard InChI is InChI=1S/C23H21NO6/c1-13-10-18(21-14-7-5-8-15(14)23(27)30-19(21)11-13)29-12-20(25)24-17-9-4-3-6-16(17)22(26)28-2/h3-4,6,9-11H,5,7-8,12H2,1-2H3,(H,24,25). The fourth-order valence-corrected chi connectivity index (χ4v) is 3.83. The van der Waals surface area contributed by atoms with Gasteiger partial charge >= 0.3 is 11.6 Å². The molecule has 4 rings (SSSR count). The van der Waals surface area contributed by atoms with E-state index >= 15 is 0 Å². The third-order valence-corrected chi connectivity index (χ3v) is 5.14. The average molecular weight is 407 g/mol. The Hall–Kier alpha value is -3.61. The van der Waals surface area contributed by atoms with E-state index in [1.54, 1.807) is 30.3 Å². The molecule has 0 bridgehead atoms. The normalized spacial score (nSPS) is 12.5. The van der Waals surface area contributed by atoms with Crippen LogP contribution in [0.3, 0.4) is 0 Å². The molecule has 7 nitrogen and oxygen atoms in total. The third kappa shape index (κ3) is 3.66. The van der Waals surface area contributed by atoms with E-state index in [9.17, 15) is 14.4 Å². The first kappa shape index (κ1) is 19.7. The molecule has 2 aromatic carbocycles. The smallest absolute Gasteiger partial charge is 0.339 e. The van der Waals surface area contributed by atoms with Crippen LogP contribution in [0.4, 0.5) is 5.69 Å². The van der Waals surface area contributed by atoms with Crippen molar-refractivity contribution in [2.45, 2.75) is 26.2 Å². The van der Waals surface area contributed by atoms with Gasteiger partial charge in [-0.05, 0) is 61.6 Å². The topological polar surface area (TPSA) is 94.8 Å². The van der Waals surface area contributed by atoms with E-state index in [1.165, 1.54) is 7.11 Å². The van der Waals surface area contributed by atoms with Gasteiger partial charge in [-0.2, -0.15) is 0 Å². The molecule has 0 saturated carbocycles. The van der Waals surface area contributed by atoms with Crippen LogP contribution < -0.4 is 15.7 Å². The maximum Gasteiger partial charge on any atom is 0.339 e. The number of ether oxygens (including phenoxy) is 2. The second-order valence-corrected chi connectivity index (χ2v) is 7.21. The molecule has 30 heavy (non-hydrogen) atoms. The number of hydrogen-bond donors (Lipinski definition) is 1. The van der Waals surface area contributed by atoms with Gasteiger partial charge in [0.05, 0.1) is 23.7 Å². The van der Waals surface area contributed by atoms with E-state index in [2.05, 4.69) is 5.32 Å². The van der Waals surface area contributed by atoms with Crippen molar-refractivity contribution in [3.05, 3.63) is 69.1 Å². The lowest BCUT2D eigenvalue weighted by Gasteiger charge is -2.14. The maximum atomic E-state index is 12.5. The van der Waals surface area contributed by atoms with Crippen LogP contribution in [0, 0.1) is 6.92 Å². The Morgan fingerprint density at radius 1 is 1.13 bits per heavy atom. The number of amides is 1. The summed E-state index contributed by atoms with van der Waals surface area (Å²) in [6.07, 6.45) is 2.35. The summed E-state index contributed by atoms with van der Waals surface area (Å²) in [5.74, 6) is -0.458. The number of nitrogens with one attached hydrogen (secondary N) is 1. The van der Waals surface area contributed by atoms with Crippen molar-refractivity contribution in [3.63, 3.8) is 0 Å². The van der Waals surface area contributed by atoms with Crippen molar-refractivity contribution >= 4 is 28.5 Å². The highest BCUT2D eigenvalue weighted by atomic mass is 16.5. The van der Waals surface area contributed by atoms with Crippen LogP contribution in [0.1, 0.15) is 33.5 Å². The van der Waals surface area contributed by atoms with Crippen molar-refractivity contribution in [1.82, 2.24) is 0 Å². The van der Waals surface area contributed by atoms with E-state index in [1.807, 2.05) is 13.0 Å². The van der Waals surface area contributed by atoms with Crippen molar-refractivity contribution in [3.8, 4) is 5.75 Å². The van der Waals surface area contributed by atoms with Crippen molar-refractivity contribution in [1.29, 1.82) is 0 Å². The molecule has 0 atom stereocenters. The van der Waals surface area contributed by atoms with Crippen LogP contribution in [0.5, 0.6) is 5.75 Å². The summed E-state index contributed by atoms with van der Waals surface area (Å²) in [5.41, 5.74) is 3.25. The van der Waals surface area contributed by atoms with Gasteiger partial charge in [0.2, 0.25) is 0 Å². The van der Waals surface area contributed by atoms with Gasteiger partial charge in [0.1, 0.15) is 11.3 Å². The SMILES string of the molecule is COC(=O)c1ccccc1NC(=O)COc1cc(C)cc2oc(=O)c3c(c12)CCC3. The lowest BCUT2D eigenvalue weighted by atomic mass is 10.0. The maximum absolute atomic E-state index is 12.5. The lowest BCUT2D eigenvalue weighted by Crippen LogP contribution is -2.22. The Labute approximate surface area is 172 Å². The molecular formula is C23H21NO6. The predicted octanol–water partition coefficient (Wildman–Crippen LogP) is 3.39. The Balaban J connectivity index is 1.59. The first-order valence-electron chi connectivity index (χ1n) is 9.67. The molecule has 0 radical (unpaired) electrons. The summed E-state index contributed by atoms with van der Waals surface area (Å²) in [6.45, 7) is 1.61. The molecule has 7 heteroatoms. The number of methoxy groups -OCH3 is 1. The zero-order valence-corrected chi connectivity index (χ0v) is 16.7. The Kier molecular flexibility index (Phi) is 5.27. The fraction of sp³-hybridized carbons (Fsp3) is 0.261. The fourth-order valence-electron chi connectivity index (χ4n) is 3.83. The highest BCUT2D eigenvalue weighted by Crippen LogP contribution is 2.35. The number of rotatable bonds is 5. The lowest BCUT2D eigenvalue weighted by molar-refractivity contribution is -0.118. The number of benzene rings is 2. The highest BCUT2D eigenvalue weighted by molar-refractivity contribution is 6.01. The number of para-hydroxylation sites is 1. The van der Waals surface area contributed by atoms with E-state index in [-0.39, 0.29) is 17.8 Å². The van der Waals surface area contributed by atoms with Crippen molar-refractivity contribution < 1.29 is 23.5 Å². The molecule has 0 saturated heterocycles. The number of hydrogen-bond acceptors (Lipinski definition) is 6. The van der Waals surface area contributed by atoms with Gasteiger partial charge in [-0.25, -0.2) is 9.59 Å². The van der Waals surface area contributed by atoms with Gasteiger partial charge in [-0.15, -0.1) is 0 Å². The molecule has 1 aliphatic rings. The number of carbonyl (C=O) groups excluding carboxylic acids is 2. The van der Waals surface area contributed by atoms with Gasteiger partial charge in [-0.3, -0.25) is 4.79 Å². The van der Waals surface area contributed by atoms with Crippen molar-refractivity contribution in [2.75, 3.05) is 19.0 Å². The van der Waals surface area contributed by atoms with E-state index in [4.69, 9.17) is 13.9 Å². The van der Waals surface area contributed by atoms with Crippen LogP contribution in [-0.4, -0.2) is 25.6 Å². The molecule has 154 valence electrons. The molecule has 1 amide bonds. The van der Waals surface area contributed by atoms with Gasteiger partial charge in [-0.1, -0.05) is 12.1 Å². The number of esters is 1. The number of aryl methyl sites for hydroxylation is 2. The van der Waals surface area contributed by atoms with Crippen LogP contribution in [0.25, 0.3) is 11.0 Å². The second kappa shape index (κ2) is 8.02. The van der Waals surface area contributed by atoms with Gasteiger partial charge in [0.15, 0.2) is 6.61 Å². The molecule has 0 aliphatic heterocycles. The molecule has 1 aliphatic carbocycles. The minimum absolute atomic E-state index is 0.258. The average Bonchev–Trinajstić information content (AvgIpc) is 3.22. The molecule has 0 unspecified atom stereocenters. The molecule has 1 heterocycles. The van der Waals surface area contributed by atoms with Crippen molar-refractivity contribution in [2.24, 2.45) is 0 Å². The quantitative estimate of drug-likeness (QED) is 0.515. The summed E-state index contributed by atoms with van der Waals surface area (Å²) >= 11 is 0. The second-order valence-electron chi connectivity index (χ2n) is 7.21. The number of carbonyl (C=O) groups is 2. The van der Waals surface area contributed by atoms with Gasteiger partial charge in [0, 0.05) is 5.56 Å². The number of fused-ring (bicyclic) bond motifs is 3. The van der Waals surface area contributed by atoms with E-state index < -0.39 is 11.9 Å². The highest BCUT2D eigenvalue weighted by Gasteiger charge is 2.23. The van der Waals surface area contributed by atoms with Crippen LogP contribution in [0.2, 0.25) is 0 Å². The third-order valence-electron chi connectivity index (χ3n) is 5.14. The monoisotopic (exact) mass is 407 g/mol. The molecule has 1 aromatic heterocycles. The van der Waals surface area contributed by atoms with Crippen LogP contribution in [0.15, 0.2) is 45.6 Å². The minimum Gasteiger partial charge on any atom is -0.483 e. The Morgan fingerprint density at radius 3 is 2.70 bits per heavy atom. The molecule has 1 N–H and O–H groups in total. The predicted molar refractivity (Wildman–Crippen MR) is 111 cm³/mol. The zero-order valence-electron chi connectivity index (χ0n) is 16.7. The van der Waals surface area contributed by atoms with Crippen LogP contribution in [-0.2, 0) is 22.4 Å². The first-order valence-corrected chi connectivity index (χ1v) is 9.67. The van der Waals surface area contributed by atoms with Gasteiger partial charge in [0.25, 0.3) is 5.91 Å². The Morgan fingerprint density at radius 2 is 1.90 bits per heavy atom. The zero-order chi connectivity index (χ0) is 21.3. The first-order chi connectivity index (χ1) is 14.5. The molecule has 0 spiro atoms. The van der Waals surface area contributed by atoms with Gasteiger partial charge < -0.3 is 19.2 Å². The minimum atomic E-state index is -0.540. The molecule has 0 fully saturated rings.